The van der Waals surface area contributed by atoms with Crippen LogP contribution in [0.3, 0.4) is 0 Å². The first kappa shape index (κ1) is 25.2. The van der Waals surface area contributed by atoms with Crippen molar-refractivity contribution in [1.82, 2.24) is 19.7 Å². The molecule has 0 spiro atoms. The largest absolute Gasteiger partial charge is 0.505 e. The number of hydrogen-bond acceptors (Lipinski definition) is 7. The van der Waals surface area contributed by atoms with Crippen LogP contribution in [0.5, 0.6) is 5.75 Å². The van der Waals surface area contributed by atoms with E-state index >= 15 is 0 Å². The lowest BCUT2D eigenvalue weighted by Crippen LogP contribution is -2.13. The molecule has 0 aliphatic carbocycles. The van der Waals surface area contributed by atoms with Crippen LogP contribution >= 0.6 is 0 Å². The maximum atomic E-state index is 13.3. The Bertz CT molecular complexity index is 1750. The fourth-order valence-electron chi connectivity index (χ4n) is 4.08. The van der Waals surface area contributed by atoms with Crippen LogP contribution in [0.1, 0.15) is 36.8 Å². The predicted octanol–water partition coefficient (Wildman–Crippen LogP) is 7.04. The van der Waals surface area contributed by atoms with Gasteiger partial charge in [-0.1, -0.05) is 63.2 Å². The van der Waals surface area contributed by atoms with Gasteiger partial charge in [0.25, 0.3) is 17.5 Å². The van der Waals surface area contributed by atoms with Crippen LogP contribution in [-0.2, 0) is 5.41 Å². The Hall–Kier alpha value is -5.43. The number of nitrogens with zero attached hydrogens (tertiary/aromatic N) is 7. The molecule has 0 aliphatic rings. The third-order valence-electron chi connectivity index (χ3n) is 5.91. The van der Waals surface area contributed by atoms with E-state index in [0.29, 0.717) is 22.2 Å². The highest BCUT2D eigenvalue weighted by atomic mass is 16.3. The fourth-order valence-corrected chi connectivity index (χ4v) is 4.08. The van der Waals surface area contributed by atoms with Crippen LogP contribution in [0, 0.1) is 6.57 Å². The summed E-state index contributed by atoms with van der Waals surface area (Å²) < 4.78 is 1.36. The molecule has 2 N–H and O–H groups in total. The highest BCUT2D eigenvalue weighted by molar-refractivity contribution is 6.16. The number of hydrogen-bond donors (Lipinski definition) is 2. The number of fused-ring (bicyclic) bond motifs is 1. The first-order chi connectivity index (χ1) is 18.8. The molecule has 5 rings (SSSR count). The van der Waals surface area contributed by atoms with E-state index in [1.54, 1.807) is 60.9 Å². The molecule has 1 amide bonds. The average Bonchev–Trinajstić information content (AvgIpc) is 3.32. The number of anilines is 1. The van der Waals surface area contributed by atoms with E-state index in [2.05, 4.69) is 35.5 Å². The third kappa shape index (κ3) is 4.93. The number of phenols is 1. The van der Waals surface area contributed by atoms with Gasteiger partial charge in [-0.05, 0) is 40.5 Å². The Kier molecular flexibility index (Phi) is 6.56. The second-order valence-electron chi connectivity index (χ2n) is 9.70. The predicted molar refractivity (Wildman–Crippen MR) is 148 cm³/mol. The van der Waals surface area contributed by atoms with Crippen LogP contribution in [-0.4, -0.2) is 30.8 Å². The monoisotopic (exact) mass is 516 g/mol. The Morgan fingerprint density at radius 3 is 2.38 bits per heavy atom. The van der Waals surface area contributed by atoms with E-state index in [0.717, 1.165) is 0 Å². The van der Waals surface area contributed by atoms with Gasteiger partial charge in [0, 0.05) is 18.1 Å². The van der Waals surface area contributed by atoms with Gasteiger partial charge in [0.15, 0.2) is 11.6 Å². The van der Waals surface area contributed by atoms with Crippen LogP contribution in [0.15, 0.2) is 89.4 Å². The summed E-state index contributed by atoms with van der Waals surface area (Å²) in [6.07, 6.45) is 3.12. The zero-order valence-electron chi connectivity index (χ0n) is 21.5. The molecule has 3 aromatic carbocycles. The zero-order chi connectivity index (χ0) is 27.6. The lowest BCUT2D eigenvalue weighted by atomic mass is 9.91. The van der Waals surface area contributed by atoms with Crippen molar-refractivity contribution in [3.8, 4) is 11.7 Å². The summed E-state index contributed by atoms with van der Waals surface area (Å²) in [4.78, 5) is 25.5. The lowest BCUT2D eigenvalue weighted by molar-refractivity contribution is 0.102. The van der Waals surface area contributed by atoms with Crippen molar-refractivity contribution in [1.29, 1.82) is 0 Å². The zero-order valence-corrected chi connectivity index (χ0v) is 21.5. The molecule has 0 saturated carbocycles. The minimum Gasteiger partial charge on any atom is -0.505 e. The summed E-state index contributed by atoms with van der Waals surface area (Å²) >= 11 is 0. The maximum Gasteiger partial charge on any atom is 0.260 e. The van der Waals surface area contributed by atoms with Crippen molar-refractivity contribution in [2.75, 3.05) is 5.32 Å². The summed E-state index contributed by atoms with van der Waals surface area (Å²) in [5, 5.41) is 28.5. The second-order valence-corrected chi connectivity index (χ2v) is 9.70. The van der Waals surface area contributed by atoms with Crippen LogP contribution < -0.4 is 5.32 Å². The first-order valence-electron chi connectivity index (χ1n) is 12.1. The summed E-state index contributed by atoms with van der Waals surface area (Å²) in [5.41, 5.74) is 0.929. The van der Waals surface area contributed by atoms with E-state index < -0.39 is 11.3 Å². The highest BCUT2D eigenvalue weighted by Crippen LogP contribution is 2.42. The molecule has 5 aromatic rings. The van der Waals surface area contributed by atoms with Crippen LogP contribution in [0.2, 0.25) is 0 Å². The number of amides is 1. The number of benzene rings is 3. The van der Waals surface area contributed by atoms with E-state index in [1.807, 2.05) is 39.0 Å². The second kappa shape index (κ2) is 10.1. The van der Waals surface area contributed by atoms with E-state index in [-0.39, 0.29) is 34.5 Å². The molecule has 0 saturated heterocycles. The quantitative estimate of drug-likeness (QED) is 0.192. The smallest absolute Gasteiger partial charge is 0.260 e. The Morgan fingerprint density at radius 1 is 1.00 bits per heavy atom. The van der Waals surface area contributed by atoms with Gasteiger partial charge in [0.1, 0.15) is 5.69 Å². The molecule has 0 aliphatic heterocycles. The summed E-state index contributed by atoms with van der Waals surface area (Å²) in [6.45, 7) is 13.7. The molecule has 192 valence electrons. The highest BCUT2D eigenvalue weighted by Gasteiger charge is 2.29. The summed E-state index contributed by atoms with van der Waals surface area (Å²) in [5.74, 6) is -0.499. The molecular formula is C29H24N8O2. The Balaban J connectivity index is 1.66. The normalized spacial score (nSPS) is 11.5. The molecule has 0 bridgehead atoms. The maximum absolute atomic E-state index is 13.3. The van der Waals surface area contributed by atoms with E-state index in [9.17, 15) is 9.90 Å². The number of carbonyl (C=O) groups excluding carboxylic acids is 1. The number of para-hydroxylation sites is 1. The van der Waals surface area contributed by atoms with Gasteiger partial charge in [-0.2, -0.15) is 9.78 Å². The molecule has 2 heterocycles. The fraction of sp³-hybridized carbons (Fsp3) is 0.138. The van der Waals surface area contributed by atoms with Crippen LogP contribution in [0.4, 0.5) is 22.9 Å². The molecular weight excluding hydrogens is 492 g/mol. The molecule has 0 radical (unpaired) electrons. The lowest BCUT2D eigenvalue weighted by Gasteiger charge is -2.15. The Morgan fingerprint density at radius 2 is 1.69 bits per heavy atom. The molecule has 0 unspecified atom stereocenters. The first-order valence-corrected chi connectivity index (χ1v) is 12.1. The number of phenolic OH excluding ortho intramolecular Hbond substituents is 1. The summed E-state index contributed by atoms with van der Waals surface area (Å²) in [7, 11) is 0. The third-order valence-corrected chi connectivity index (χ3v) is 5.91. The van der Waals surface area contributed by atoms with Crippen molar-refractivity contribution < 1.29 is 9.90 Å². The van der Waals surface area contributed by atoms with Crippen molar-refractivity contribution in [2.45, 2.75) is 26.2 Å². The molecule has 0 fully saturated rings. The van der Waals surface area contributed by atoms with Gasteiger partial charge in [0.2, 0.25) is 0 Å². The van der Waals surface area contributed by atoms with Crippen molar-refractivity contribution in [2.24, 2.45) is 10.2 Å². The molecule has 39 heavy (non-hydrogen) atoms. The number of aromatic hydroxyl groups is 1. The van der Waals surface area contributed by atoms with E-state index in [1.165, 1.54) is 4.68 Å². The van der Waals surface area contributed by atoms with Gasteiger partial charge in [-0.15, -0.1) is 10.2 Å². The minimum atomic E-state index is -0.494. The molecule has 10 nitrogen and oxygen atoms in total. The van der Waals surface area contributed by atoms with E-state index in [4.69, 9.17) is 6.57 Å². The average molecular weight is 517 g/mol. The van der Waals surface area contributed by atoms with Gasteiger partial charge >= 0.3 is 0 Å². The standard InChI is InChI=1S/C29H24N8O2/c1-29(2,3)25-23(30-4)26(37(36-25)28-31-15-10-16-32-28)35-34-21-17-18-11-8-9-14-20(18)22(24(21)38)27(39)33-19-12-6-5-7-13-19/h5-17,38H,1-3H3,(H,33,39). The van der Waals surface area contributed by atoms with Gasteiger partial charge in [-0.3, -0.25) is 4.79 Å². The summed E-state index contributed by atoms with van der Waals surface area (Å²) in [6, 6.07) is 19.5. The number of azo groups is 1. The topological polar surface area (TPSA) is 122 Å². The molecule has 2 aromatic heterocycles. The van der Waals surface area contributed by atoms with Crippen LogP contribution in [0.25, 0.3) is 21.6 Å². The number of carbonyl (C=O) groups is 1. The minimum absolute atomic E-state index is 0.0573. The molecule has 0 atom stereocenters. The number of aromatic nitrogens is 4. The number of nitrogens with one attached hydrogen (secondary N) is 1. The molecule has 10 heteroatoms. The van der Waals surface area contributed by atoms with Crippen molar-refractivity contribution in [3.05, 3.63) is 102 Å². The van der Waals surface area contributed by atoms with Gasteiger partial charge in [-0.25, -0.2) is 14.8 Å². The Labute approximate surface area is 224 Å². The van der Waals surface area contributed by atoms with Gasteiger partial charge in [0.05, 0.1) is 17.8 Å². The van der Waals surface area contributed by atoms with Crippen molar-refractivity contribution >= 4 is 39.6 Å². The number of rotatable bonds is 5. The SMILES string of the molecule is [C-]#[N+]c1c(C(C)(C)C)nn(-c2ncccn2)c1N=Nc1cc2ccccc2c(C(=O)Nc2ccccc2)c1O. The van der Waals surface area contributed by atoms with Gasteiger partial charge < -0.3 is 10.4 Å². The van der Waals surface area contributed by atoms with Crippen molar-refractivity contribution in [3.63, 3.8) is 0 Å².